The molecule has 7 heteroatoms. The second-order valence-corrected chi connectivity index (χ2v) is 5.18. The molecule has 16 heavy (non-hydrogen) atoms. The summed E-state index contributed by atoms with van der Waals surface area (Å²) in [5.74, 6) is -0.513. The lowest BCUT2D eigenvalue weighted by atomic mass is 10.5. The van der Waals surface area contributed by atoms with Crippen molar-refractivity contribution in [1.82, 2.24) is 10.2 Å². The molecule has 2 aromatic heterocycles. The fourth-order valence-corrected chi connectivity index (χ4v) is 2.28. The van der Waals surface area contributed by atoms with E-state index in [1.807, 2.05) is 12.1 Å². The van der Waals surface area contributed by atoms with E-state index in [2.05, 4.69) is 26.1 Å². The number of thiophene rings is 1. The Bertz CT molecular complexity index is 546. The number of carboxylic acid groups (broad SMARTS) is 1. The lowest BCUT2D eigenvalue weighted by Crippen LogP contribution is -1.85. The van der Waals surface area contributed by atoms with E-state index in [0.717, 1.165) is 14.7 Å². The topological polar surface area (TPSA) is 76.2 Å². The van der Waals surface area contributed by atoms with Gasteiger partial charge in [-0.25, -0.2) is 4.79 Å². The third-order valence-electron chi connectivity index (χ3n) is 1.59. The zero-order valence-corrected chi connectivity index (χ0v) is 10.2. The van der Waals surface area contributed by atoms with E-state index >= 15 is 0 Å². The Morgan fingerprint density at radius 2 is 2.31 bits per heavy atom. The summed E-state index contributed by atoms with van der Waals surface area (Å²) < 4.78 is 6.21. The third kappa shape index (κ3) is 2.56. The van der Waals surface area contributed by atoms with Gasteiger partial charge in [-0.3, -0.25) is 0 Å². The van der Waals surface area contributed by atoms with E-state index in [1.54, 1.807) is 0 Å². The van der Waals surface area contributed by atoms with E-state index in [1.165, 1.54) is 17.4 Å². The molecule has 0 saturated carbocycles. The first-order chi connectivity index (χ1) is 7.65. The van der Waals surface area contributed by atoms with Crippen LogP contribution in [0.3, 0.4) is 0 Å². The SMILES string of the molecule is O=C(O)/C=C/c1nnc(-c2ccc(Br)s2)o1. The van der Waals surface area contributed by atoms with Gasteiger partial charge in [0.25, 0.3) is 5.89 Å². The third-order valence-corrected chi connectivity index (χ3v) is 3.20. The molecule has 0 aliphatic carbocycles. The Morgan fingerprint density at radius 3 is 2.94 bits per heavy atom. The van der Waals surface area contributed by atoms with Gasteiger partial charge in [0, 0.05) is 12.2 Å². The summed E-state index contributed by atoms with van der Waals surface area (Å²) >= 11 is 4.78. The average molecular weight is 301 g/mol. The molecule has 5 nitrogen and oxygen atoms in total. The van der Waals surface area contributed by atoms with Crippen LogP contribution in [0.4, 0.5) is 0 Å². The van der Waals surface area contributed by atoms with Crippen molar-refractivity contribution in [3.05, 3.63) is 27.9 Å². The zero-order valence-electron chi connectivity index (χ0n) is 7.75. The van der Waals surface area contributed by atoms with Gasteiger partial charge in [-0.15, -0.1) is 21.5 Å². The van der Waals surface area contributed by atoms with Crippen LogP contribution >= 0.6 is 27.3 Å². The van der Waals surface area contributed by atoms with Crippen molar-refractivity contribution in [3.63, 3.8) is 0 Å². The molecule has 2 heterocycles. The van der Waals surface area contributed by atoms with Crippen LogP contribution in [-0.2, 0) is 4.79 Å². The zero-order chi connectivity index (χ0) is 11.5. The van der Waals surface area contributed by atoms with Crippen molar-refractivity contribution in [1.29, 1.82) is 0 Å². The predicted molar refractivity (Wildman–Crippen MR) is 62.0 cm³/mol. The molecule has 0 spiro atoms. The van der Waals surface area contributed by atoms with Crippen LogP contribution < -0.4 is 0 Å². The molecule has 82 valence electrons. The molecule has 0 amide bonds. The van der Waals surface area contributed by atoms with Crippen LogP contribution in [0, 0.1) is 0 Å². The first-order valence-corrected chi connectivity index (χ1v) is 5.76. The first-order valence-electron chi connectivity index (χ1n) is 4.15. The molecule has 2 aromatic rings. The molecule has 2 rings (SSSR count). The number of carbonyl (C=O) groups is 1. The summed E-state index contributed by atoms with van der Waals surface area (Å²) in [6, 6.07) is 3.71. The number of halogens is 1. The maximum atomic E-state index is 10.3. The summed E-state index contributed by atoms with van der Waals surface area (Å²) in [5, 5.41) is 15.9. The lowest BCUT2D eigenvalue weighted by Gasteiger charge is -1.84. The van der Waals surface area contributed by atoms with Crippen molar-refractivity contribution < 1.29 is 14.3 Å². The van der Waals surface area contributed by atoms with Gasteiger partial charge in [-0.1, -0.05) is 0 Å². The van der Waals surface area contributed by atoms with E-state index in [-0.39, 0.29) is 5.89 Å². The van der Waals surface area contributed by atoms with Crippen LogP contribution in [0.2, 0.25) is 0 Å². The lowest BCUT2D eigenvalue weighted by molar-refractivity contribution is -0.131. The Balaban J connectivity index is 2.23. The molecule has 0 aromatic carbocycles. The Labute approximate surface area is 103 Å². The van der Waals surface area contributed by atoms with E-state index in [9.17, 15) is 4.79 Å². The van der Waals surface area contributed by atoms with E-state index < -0.39 is 5.97 Å². The number of rotatable bonds is 3. The van der Waals surface area contributed by atoms with Crippen LogP contribution in [0.1, 0.15) is 5.89 Å². The molecule has 0 aliphatic heterocycles. The van der Waals surface area contributed by atoms with E-state index in [4.69, 9.17) is 9.52 Å². The molecule has 0 atom stereocenters. The minimum atomic E-state index is -1.06. The van der Waals surface area contributed by atoms with Gasteiger partial charge in [0.15, 0.2) is 0 Å². The smallest absolute Gasteiger partial charge is 0.328 e. The standard InChI is InChI=1S/C9H5BrN2O3S/c10-6-2-1-5(16-6)9-12-11-7(15-9)3-4-8(13)14/h1-4H,(H,13,14)/b4-3+. The van der Waals surface area contributed by atoms with Crippen LogP contribution in [0.25, 0.3) is 16.8 Å². The number of nitrogens with zero attached hydrogens (tertiary/aromatic N) is 2. The molecule has 0 fully saturated rings. The Kier molecular flexibility index (Phi) is 3.16. The normalized spacial score (nSPS) is 11.1. The van der Waals surface area contributed by atoms with Crippen LogP contribution in [0.15, 0.2) is 26.4 Å². The number of carboxylic acids is 1. The quantitative estimate of drug-likeness (QED) is 0.882. The highest BCUT2D eigenvalue weighted by Crippen LogP contribution is 2.30. The molecule has 0 aliphatic rings. The number of aliphatic carboxylic acids is 1. The minimum absolute atomic E-state index is 0.168. The molecule has 0 saturated heterocycles. The maximum Gasteiger partial charge on any atom is 0.328 e. The monoisotopic (exact) mass is 300 g/mol. The largest absolute Gasteiger partial charge is 0.478 e. The fourth-order valence-electron chi connectivity index (χ4n) is 0.973. The van der Waals surface area contributed by atoms with Crippen LogP contribution in [0.5, 0.6) is 0 Å². The van der Waals surface area contributed by atoms with E-state index in [0.29, 0.717) is 5.89 Å². The summed E-state index contributed by atoms with van der Waals surface area (Å²) in [7, 11) is 0. The van der Waals surface area contributed by atoms with Crippen molar-refractivity contribution >= 4 is 39.3 Å². The van der Waals surface area contributed by atoms with Gasteiger partial charge in [-0.2, -0.15) is 0 Å². The number of hydrogen-bond donors (Lipinski definition) is 1. The molecule has 1 N–H and O–H groups in total. The van der Waals surface area contributed by atoms with Crippen molar-refractivity contribution in [3.8, 4) is 10.8 Å². The minimum Gasteiger partial charge on any atom is -0.478 e. The van der Waals surface area contributed by atoms with Gasteiger partial charge < -0.3 is 9.52 Å². The van der Waals surface area contributed by atoms with Gasteiger partial charge >= 0.3 is 5.97 Å². The number of hydrogen-bond acceptors (Lipinski definition) is 5. The highest BCUT2D eigenvalue weighted by molar-refractivity contribution is 9.11. The summed E-state index contributed by atoms with van der Waals surface area (Å²) in [4.78, 5) is 11.1. The summed E-state index contributed by atoms with van der Waals surface area (Å²) in [6.45, 7) is 0. The summed E-state index contributed by atoms with van der Waals surface area (Å²) in [6.07, 6.45) is 2.20. The molecular formula is C9H5BrN2O3S. The van der Waals surface area contributed by atoms with Gasteiger partial charge in [0.2, 0.25) is 5.89 Å². The second-order valence-electron chi connectivity index (χ2n) is 2.72. The Morgan fingerprint density at radius 1 is 1.50 bits per heavy atom. The number of aromatic nitrogens is 2. The van der Waals surface area contributed by atoms with Crippen molar-refractivity contribution in [2.45, 2.75) is 0 Å². The predicted octanol–water partition coefficient (Wildman–Crippen LogP) is 2.66. The highest BCUT2D eigenvalue weighted by Gasteiger charge is 2.08. The van der Waals surface area contributed by atoms with Crippen molar-refractivity contribution in [2.75, 3.05) is 0 Å². The molecule has 0 radical (unpaired) electrons. The second kappa shape index (κ2) is 4.58. The molecule has 0 unspecified atom stereocenters. The maximum absolute atomic E-state index is 10.3. The molecule has 0 bridgehead atoms. The molecular weight excluding hydrogens is 296 g/mol. The van der Waals surface area contributed by atoms with Gasteiger partial charge in [0.05, 0.1) is 8.66 Å². The van der Waals surface area contributed by atoms with Crippen molar-refractivity contribution in [2.24, 2.45) is 0 Å². The Hall–Kier alpha value is -1.47. The van der Waals surface area contributed by atoms with Gasteiger partial charge in [0.1, 0.15) is 0 Å². The highest BCUT2D eigenvalue weighted by atomic mass is 79.9. The van der Waals surface area contributed by atoms with Gasteiger partial charge in [-0.05, 0) is 28.1 Å². The van der Waals surface area contributed by atoms with Crippen LogP contribution in [-0.4, -0.2) is 21.3 Å². The fraction of sp³-hybridized carbons (Fsp3) is 0. The summed E-state index contributed by atoms with van der Waals surface area (Å²) in [5.41, 5.74) is 0. The first kappa shape index (κ1) is 11.0. The average Bonchev–Trinajstić information content (AvgIpc) is 2.83.